The van der Waals surface area contributed by atoms with Gasteiger partial charge in [-0.1, -0.05) is 0 Å². The number of benzene rings is 1. The van der Waals surface area contributed by atoms with Gasteiger partial charge < -0.3 is 9.47 Å². The number of hydrogen-bond donors (Lipinski definition) is 0. The average Bonchev–Trinajstić information content (AvgIpc) is 2.34. The van der Waals surface area contributed by atoms with Crippen molar-refractivity contribution in [3.63, 3.8) is 0 Å². The van der Waals surface area contributed by atoms with Gasteiger partial charge in [0.2, 0.25) is 0 Å². The summed E-state index contributed by atoms with van der Waals surface area (Å²) < 4.78 is 45.5. The number of carbonyl (C=O) groups is 1. The van der Waals surface area contributed by atoms with Crippen LogP contribution in [-0.2, 0) is 4.74 Å². The maximum atomic E-state index is 11.8. The van der Waals surface area contributed by atoms with Gasteiger partial charge in [0.25, 0.3) is 0 Å². The minimum Gasteiger partial charge on any atom is -0.493 e. The third kappa shape index (κ3) is 5.61. The molecule has 0 unspecified atom stereocenters. The first kappa shape index (κ1) is 16.5. The molecule has 0 radical (unpaired) electrons. The minimum atomic E-state index is -4.29. The quantitative estimate of drug-likeness (QED) is 0.570. The van der Waals surface area contributed by atoms with E-state index in [1.54, 1.807) is 12.1 Å². The molecular formula is C14H17F3O3. The summed E-state index contributed by atoms with van der Waals surface area (Å²) >= 11 is 0. The van der Waals surface area contributed by atoms with E-state index in [0.29, 0.717) is 17.7 Å². The van der Waals surface area contributed by atoms with Gasteiger partial charge in [0.15, 0.2) is 0 Å². The Morgan fingerprint density at radius 2 is 1.75 bits per heavy atom. The van der Waals surface area contributed by atoms with Crippen LogP contribution in [0.3, 0.4) is 0 Å². The van der Waals surface area contributed by atoms with E-state index in [4.69, 9.17) is 4.74 Å². The molecule has 0 aliphatic rings. The van der Waals surface area contributed by atoms with Crippen molar-refractivity contribution in [2.24, 2.45) is 0 Å². The second-order valence-electron chi connectivity index (χ2n) is 4.47. The van der Waals surface area contributed by atoms with Gasteiger partial charge in [-0.25, -0.2) is 0 Å². The van der Waals surface area contributed by atoms with Crippen molar-refractivity contribution < 1.29 is 27.4 Å². The molecule has 6 heteroatoms. The molecule has 0 spiro atoms. The first-order valence-corrected chi connectivity index (χ1v) is 6.17. The van der Waals surface area contributed by atoms with Crippen LogP contribution in [0.2, 0.25) is 0 Å². The predicted molar refractivity (Wildman–Crippen MR) is 68.3 cm³/mol. The number of aldehydes is 1. The Kier molecular flexibility index (Phi) is 6.01. The van der Waals surface area contributed by atoms with Gasteiger partial charge in [0, 0.05) is 12.0 Å². The normalized spacial score (nSPS) is 11.4. The average molecular weight is 290 g/mol. The third-order valence-corrected chi connectivity index (χ3v) is 2.56. The Labute approximate surface area is 115 Å². The first-order chi connectivity index (χ1) is 9.33. The molecule has 0 N–H and O–H groups in total. The van der Waals surface area contributed by atoms with Crippen LogP contribution in [0.25, 0.3) is 0 Å². The van der Waals surface area contributed by atoms with Gasteiger partial charge in [0.05, 0.1) is 13.2 Å². The topological polar surface area (TPSA) is 35.5 Å². The predicted octanol–water partition coefficient (Wildman–Crippen LogP) is 3.46. The van der Waals surface area contributed by atoms with E-state index in [0.717, 1.165) is 17.4 Å². The van der Waals surface area contributed by atoms with E-state index in [-0.39, 0.29) is 13.2 Å². The zero-order valence-electron chi connectivity index (χ0n) is 11.4. The molecular weight excluding hydrogens is 273 g/mol. The van der Waals surface area contributed by atoms with Gasteiger partial charge in [-0.2, -0.15) is 13.2 Å². The Morgan fingerprint density at radius 1 is 1.15 bits per heavy atom. The fourth-order valence-electron chi connectivity index (χ4n) is 1.80. The molecule has 0 saturated heterocycles. The number of rotatable bonds is 7. The Bertz CT molecular complexity index is 432. The lowest BCUT2D eigenvalue weighted by atomic mass is 10.1. The molecule has 0 fully saturated rings. The molecule has 3 nitrogen and oxygen atoms in total. The van der Waals surface area contributed by atoms with Gasteiger partial charge in [-0.05, 0) is 37.1 Å². The molecule has 0 aliphatic heterocycles. The summed E-state index contributed by atoms with van der Waals surface area (Å²) in [6.07, 6.45) is -3.17. The monoisotopic (exact) mass is 290 g/mol. The third-order valence-electron chi connectivity index (χ3n) is 2.56. The van der Waals surface area contributed by atoms with E-state index in [9.17, 15) is 18.0 Å². The maximum Gasteiger partial charge on any atom is 0.411 e. The fraction of sp³-hybridized carbons (Fsp3) is 0.500. The molecule has 1 aromatic rings. The summed E-state index contributed by atoms with van der Waals surface area (Å²) in [5.74, 6) is 0.659. The first-order valence-electron chi connectivity index (χ1n) is 6.17. The van der Waals surface area contributed by atoms with Crippen molar-refractivity contribution in [2.45, 2.75) is 26.4 Å². The Balaban J connectivity index is 2.37. The minimum absolute atomic E-state index is 0.00989. The lowest BCUT2D eigenvalue weighted by Gasteiger charge is -2.13. The summed E-state index contributed by atoms with van der Waals surface area (Å²) in [7, 11) is 0. The largest absolute Gasteiger partial charge is 0.493 e. The highest BCUT2D eigenvalue weighted by molar-refractivity contribution is 5.76. The van der Waals surface area contributed by atoms with E-state index in [1.807, 2.05) is 13.8 Å². The van der Waals surface area contributed by atoms with Crippen LogP contribution in [0.1, 0.15) is 27.9 Å². The van der Waals surface area contributed by atoms with Gasteiger partial charge in [-0.15, -0.1) is 0 Å². The standard InChI is InChI=1S/C14H17F3O3/c1-10-6-12(8-18)7-11(2)13(10)20-5-3-4-19-9-14(15,16)17/h6-8H,3-5,9H2,1-2H3. The van der Waals surface area contributed by atoms with Crippen molar-refractivity contribution in [2.75, 3.05) is 19.8 Å². The second-order valence-corrected chi connectivity index (χ2v) is 4.47. The molecule has 1 aromatic carbocycles. The smallest absolute Gasteiger partial charge is 0.411 e. The van der Waals surface area contributed by atoms with Crippen molar-refractivity contribution in [3.8, 4) is 5.75 Å². The SMILES string of the molecule is Cc1cc(C=O)cc(C)c1OCCCOCC(F)(F)F. The van der Waals surface area contributed by atoms with Gasteiger partial charge >= 0.3 is 6.18 Å². The summed E-state index contributed by atoms with van der Waals surface area (Å²) in [6, 6.07) is 3.41. The van der Waals surface area contributed by atoms with E-state index < -0.39 is 12.8 Å². The molecule has 0 saturated carbocycles. The van der Waals surface area contributed by atoms with Crippen LogP contribution in [0.15, 0.2) is 12.1 Å². The Hall–Kier alpha value is -1.56. The fourth-order valence-corrected chi connectivity index (χ4v) is 1.80. The number of hydrogen-bond acceptors (Lipinski definition) is 3. The molecule has 0 aromatic heterocycles. The molecule has 0 atom stereocenters. The lowest BCUT2D eigenvalue weighted by molar-refractivity contribution is -0.174. The highest BCUT2D eigenvalue weighted by atomic mass is 19.4. The van der Waals surface area contributed by atoms with Crippen LogP contribution in [0.5, 0.6) is 5.75 Å². The Morgan fingerprint density at radius 3 is 2.25 bits per heavy atom. The molecule has 0 aliphatic carbocycles. The summed E-state index contributed by atoms with van der Waals surface area (Å²) in [6.45, 7) is 2.65. The molecule has 0 heterocycles. The van der Waals surface area contributed by atoms with Crippen LogP contribution in [0.4, 0.5) is 13.2 Å². The lowest BCUT2D eigenvalue weighted by Crippen LogP contribution is -2.18. The highest BCUT2D eigenvalue weighted by Crippen LogP contribution is 2.24. The molecule has 112 valence electrons. The molecule has 1 rings (SSSR count). The second kappa shape index (κ2) is 7.28. The van der Waals surface area contributed by atoms with Crippen LogP contribution < -0.4 is 4.74 Å². The van der Waals surface area contributed by atoms with Crippen molar-refractivity contribution in [1.29, 1.82) is 0 Å². The maximum absolute atomic E-state index is 11.8. The van der Waals surface area contributed by atoms with Crippen LogP contribution in [0, 0.1) is 13.8 Å². The van der Waals surface area contributed by atoms with Gasteiger partial charge in [-0.3, -0.25) is 4.79 Å². The number of carbonyl (C=O) groups excluding carboxylic acids is 1. The molecule has 20 heavy (non-hydrogen) atoms. The summed E-state index contributed by atoms with van der Waals surface area (Å²) in [5, 5.41) is 0. The van der Waals surface area contributed by atoms with Crippen molar-refractivity contribution >= 4 is 6.29 Å². The zero-order chi connectivity index (χ0) is 15.2. The molecule has 0 amide bonds. The van der Waals surface area contributed by atoms with Crippen molar-refractivity contribution in [3.05, 3.63) is 28.8 Å². The number of ether oxygens (including phenoxy) is 2. The highest BCUT2D eigenvalue weighted by Gasteiger charge is 2.27. The zero-order valence-corrected chi connectivity index (χ0v) is 11.4. The van der Waals surface area contributed by atoms with Crippen LogP contribution >= 0.6 is 0 Å². The number of aryl methyl sites for hydroxylation is 2. The van der Waals surface area contributed by atoms with Gasteiger partial charge in [0.1, 0.15) is 18.6 Å². The summed E-state index contributed by atoms with van der Waals surface area (Å²) in [4.78, 5) is 10.7. The van der Waals surface area contributed by atoms with E-state index in [2.05, 4.69) is 4.74 Å². The number of alkyl halides is 3. The summed E-state index contributed by atoms with van der Waals surface area (Å²) in [5.41, 5.74) is 2.22. The van der Waals surface area contributed by atoms with E-state index in [1.165, 1.54) is 0 Å². The molecule has 0 bridgehead atoms. The van der Waals surface area contributed by atoms with E-state index >= 15 is 0 Å². The van der Waals surface area contributed by atoms with Crippen molar-refractivity contribution in [1.82, 2.24) is 0 Å². The number of halogens is 3. The van der Waals surface area contributed by atoms with Crippen LogP contribution in [-0.4, -0.2) is 32.3 Å².